The van der Waals surface area contributed by atoms with Gasteiger partial charge in [-0.05, 0) is 83.1 Å². The van der Waals surface area contributed by atoms with Crippen molar-refractivity contribution >= 4 is 73.2 Å². The first-order valence-corrected chi connectivity index (χ1v) is 22.0. The second-order valence-electron chi connectivity index (χ2n) is 16.3. The van der Waals surface area contributed by atoms with Crippen LogP contribution in [0.25, 0.3) is 94.1 Å². The van der Waals surface area contributed by atoms with Crippen LogP contribution in [0.4, 0.5) is 0 Å². The molecule has 0 amide bonds. The number of para-hydroxylation sites is 2. The van der Waals surface area contributed by atoms with Crippen LogP contribution >= 0.6 is 0 Å². The standard InChI is InChI=1S/C59H40N6O/c1-60-57(43-21-9-4-10-22-43)63-59(61-38-39-16-15-23-45(36-39)41-19-7-3-8-20-41)65-53-27-14-12-25-48(53)50-34-33-49-47-24-11-13-26-52(47)64(55(49)56(50)65)46-32-35-54-51(37-46)62-58(66-54)44-30-28-42(29-31-44)40-17-5-2-6-18-40/h2-37H,1,38H2/b61-59+,63-57-. The van der Waals surface area contributed by atoms with E-state index in [9.17, 15) is 0 Å². The Balaban J connectivity index is 1.08. The molecule has 0 aliphatic heterocycles. The number of nitrogens with zero attached hydrogens (tertiary/aromatic N) is 6. The van der Waals surface area contributed by atoms with Gasteiger partial charge in [0.25, 0.3) is 0 Å². The van der Waals surface area contributed by atoms with Crippen LogP contribution < -0.4 is 0 Å². The molecule has 12 rings (SSSR count). The summed E-state index contributed by atoms with van der Waals surface area (Å²) < 4.78 is 11.0. The molecule has 3 heterocycles. The van der Waals surface area contributed by atoms with E-state index in [1.165, 1.54) is 5.56 Å². The molecule has 9 aromatic carbocycles. The summed E-state index contributed by atoms with van der Waals surface area (Å²) >= 11 is 0. The molecule has 0 aliphatic rings. The van der Waals surface area contributed by atoms with E-state index in [-0.39, 0.29) is 0 Å². The smallest absolute Gasteiger partial charge is 0.232 e. The Morgan fingerprint density at radius 2 is 1.09 bits per heavy atom. The minimum Gasteiger partial charge on any atom is -0.436 e. The van der Waals surface area contributed by atoms with Gasteiger partial charge >= 0.3 is 0 Å². The Bertz CT molecular complexity index is 3840. The second kappa shape index (κ2) is 16.3. The summed E-state index contributed by atoms with van der Waals surface area (Å²) in [5.41, 5.74) is 13.9. The highest BCUT2D eigenvalue weighted by molar-refractivity contribution is 6.26. The molecule has 0 fully saturated rings. The van der Waals surface area contributed by atoms with Gasteiger partial charge in [0.1, 0.15) is 5.52 Å². The zero-order valence-electron chi connectivity index (χ0n) is 35.8. The van der Waals surface area contributed by atoms with Crippen LogP contribution in [-0.4, -0.2) is 32.6 Å². The number of aromatic nitrogens is 3. The lowest BCUT2D eigenvalue weighted by Crippen LogP contribution is -2.14. The average Bonchev–Trinajstić information content (AvgIpc) is 4.08. The maximum absolute atomic E-state index is 6.42. The highest BCUT2D eigenvalue weighted by atomic mass is 16.3. The number of hydrogen-bond acceptors (Lipinski definition) is 3. The van der Waals surface area contributed by atoms with Crippen LogP contribution in [0, 0.1) is 0 Å². The van der Waals surface area contributed by atoms with Gasteiger partial charge in [0.2, 0.25) is 11.9 Å². The van der Waals surface area contributed by atoms with Crippen molar-refractivity contribution in [2.45, 2.75) is 6.54 Å². The van der Waals surface area contributed by atoms with E-state index < -0.39 is 0 Å². The van der Waals surface area contributed by atoms with Crippen molar-refractivity contribution in [1.29, 1.82) is 0 Å². The Labute approximate surface area is 380 Å². The van der Waals surface area contributed by atoms with Gasteiger partial charge in [-0.2, -0.15) is 4.99 Å². The Kier molecular flexibility index (Phi) is 9.57. The molecule has 7 heteroatoms. The number of aliphatic imine (C=N–C) groups is 3. The van der Waals surface area contributed by atoms with E-state index >= 15 is 0 Å². The predicted octanol–water partition coefficient (Wildman–Crippen LogP) is 14.6. The summed E-state index contributed by atoms with van der Waals surface area (Å²) in [5, 5.41) is 4.39. The van der Waals surface area contributed by atoms with Gasteiger partial charge in [-0.1, -0.05) is 170 Å². The minimum absolute atomic E-state index is 0.381. The summed E-state index contributed by atoms with van der Waals surface area (Å²) in [6, 6.07) is 75.5. The molecule has 0 aliphatic carbocycles. The highest BCUT2D eigenvalue weighted by Gasteiger charge is 2.23. The van der Waals surface area contributed by atoms with E-state index in [2.05, 4.69) is 191 Å². The molecule has 312 valence electrons. The van der Waals surface area contributed by atoms with Gasteiger partial charge in [-0.25, -0.2) is 15.0 Å². The molecule has 66 heavy (non-hydrogen) atoms. The topological polar surface area (TPSA) is 73.0 Å². The third-order valence-electron chi connectivity index (χ3n) is 12.4. The minimum atomic E-state index is 0.381. The van der Waals surface area contributed by atoms with Crippen molar-refractivity contribution in [2.24, 2.45) is 15.0 Å². The van der Waals surface area contributed by atoms with E-state index in [1.807, 2.05) is 48.5 Å². The summed E-state index contributed by atoms with van der Waals surface area (Å²) in [7, 11) is 0. The number of fused-ring (bicyclic) bond motifs is 8. The predicted molar refractivity (Wildman–Crippen MR) is 273 cm³/mol. The van der Waals surface area contributed by atoms with Gasteiger partial charge in [-0.3, -0.25) is 4.57 Å². The number of amidine groups is 1. The van der Waals surface area contributed by atoms with Crippen LogP contribution in [0.3, 0.4) is 0 Å². The van der Waals surface area contributed by atoms with Crippen LogP contribution in [0.5, 0.6) is 0 Å². The van der Waals surface area contributed by atoms with Crippen molar-refractivity contribution < 1.29 is 4.42 Å². The normalized spacial score (nSPS) is 12.2. The maximum Gasteiger partial charge on any atom is 0.232 e. The lowest BCUT2D eigenvalue weighted by Gasteiger charge is -2.13. The molecule has 0 atom stereocenters. The zero-order valence-corrected chi connectivity index (χ0v) is 35.8. The lowest BCUT2D eigenvalue weighted by molar-refractivity contribution is 0.620. The van der Waals surface area contributed by atoms with E-state index in [0.29, 0.717) is 29.8 Å². The molecule has 12 aromatic rings. The molecule has 7 nitrogen and oxygen atoms in total. The van der Waals surface area contributed by atoms with Crippen molar-refractivity contribution in [1.82, 2.24) is 14.1 Å². The van der Waals surface area contributed by atoms with E-state index in [1.54, 1.807) is 0 Å². The summed E-state index contributed by atoms with van der Waals surface area (Å²) in [6.45, 7) is 4.37. The Hall–Kier alpha value is -8.94. The van der Waals surface area contributed by atoms with Gasteiger partial charge < -0.3 is 8.98 Å². The van der Waals surface area contributed by atoms with Crippen LogP contribution in [0.2, 0.25) is 0 Å². The molecule has 0 spiro atoms. The van der Waals surface area contributed by atoms with E-state index in [0.717, 1.165) is 88.2 Å². The first-order chi connectivity index (χ1) is 32.7. The third kappa shape index (κ3) is 6.78. The number of hydrogen-bond donors (Lipinski definition) is 0. The molecule has 0 radical (unpaired) electrons. The number of oxazole rings is 1. The first-order valence-electron chi connectivity index (χ1n) is 22.0. The Morgan fingerprint density at radius 3 is 1.82 bits per heavy atom. The highest BCUT2D eigenvalue weighted by Crippen LogP contribution is 2.41. The molecule has 0 unspecified atom stereocenters. The van der Waals surface area contributed by atoms with Gasteiger partial charge in [0.05, 0.1) is 28.6 Å². The maximum atomic E-state index is 6.42. The van der Waals surface area contributed by atoms with Crippen LogP contribution in [0.15, 0.2) is 238 Å². The molecule has 0 bridgehead atoms. The van der Waals surface area contributed by atoms with Crippen LogP contribution in [0.1, 0.15) is 11.1 Å². The molecule has 0 saturated carbocycles. The molecule has 3 aromatic heterocycles. The summed E-state index contributed by atoms with van der Waals surface area (Å²) in [5.74, 6) is 1.55. The SMILES string of the molecule is C=N/C(=N\C(=N/Cc1cccc(-c2ccccc2)c1)n1c2ccccc2c2ccc3c4ccccc4n(-c4ccc5oc(-c6ccc(-c7ccccc7)cc6)nc5c4)c3c21)c1ccccc1. The molecular formula is C59H40N6O. The Morgan fingerprint density at radius 1 is 0.500 bits per heavy atom. The molecular weight excluding hydrogens is 809 g/mol. The monoisotopic (exact) mass is 848 g/mol. The second-order valence-corrected chi connectivity index (χ2v) is 16.3. The van der Waals surface area contributed by atoms with Gasteiger partial charge in [0, 0.05) is 38.4 Å². The van der Waals surface area contributed by atoms with Gasteiger partial charge in [0.15, 0.2) is 11.4 Å². The zero-order chi connectivity index (χ0) is 44.0. The van der Waals surface area contributed by atoms with Crippen molar-refractivity contribution in [3.05, 3.63) is 230 Å². The first kappa shape index (κ1) is 38.7. The molecule has 0 N–H and O–H groups in total. The van der Waals surface area contributed by atoms with E-state index in [4.69, 9.17) is 19.4 Å². The largest absolute Gasteiger partial charge is 0.436 e. The van der Waals surface area contributed by atoms with Crippen molar-refractivity contribution in [3.8, 4) is 39.4 Å². The third-order valence-corrected chi connectivity index (χ3v) is 12.4. The fourth-order valence-electron chi connectivity index (χ4n) is 9.26. The fraction of sp³-hybridized carbons (Fsp3) is 0.0169. The van der Waals surface area contributed by atoms with Crippen molar-refractivity contribution in [3.63, 3.8) is 0 Å². The summed E-state index contributed by atoms with van der Waals surface area (Å²) in [6.07, 6.45) is 0. The lowest BCUT2D eigenvalue weighted by atomic mass is 10.0. The quantitative estimate of drug-likeness (QED) is 0.118. The average molecular weight is 849 g/mol. The molecule has 0 saturated heterocycles. The van der Waals surface area contributed by atoms with Gasteiger partial charge in [-0.15, -0.1) is 0 Å². The van der Waals surface area contributed by atoms with Crippen molar-refractivity contribution in [2.75, 3.05) is 0 Å². The summed E-state index contributed by atoms with van der Waals surface area (Å²) in [4.78, 5) is 20.3. The fourth-order valence-corrected chi connectivity index (χ4v) is 9.26. The number of benzene rings is 9. The number of rotatable bonds is 7. The van der Waals surface area contributed by atoms with Crippen LogP contribution in [-0.2, 0) is 6.54 Å².